The summed E-state index contributed by atoms with van der Waals surface area (Å²) in [6.45, 7) is 3.62. The Morgan fingerprint density at radius 1 is 1.33 bits per heavy atom. The predicted octanol–water partition coefficient (Wildman–Crippen LogP) is 3.39. The number of carbonyl (C=O) groups is 1. The second kappa shape index (κ2) is 7.58. The van der Waals surface area contributed by atoms with Crippen LogP contribution in [-0.4, -0.2) is 23.2 Å². The van der Waals surface area contributed by atoms with Crippen molar-refractivity contribution in [1.82, 2.24) is 5.32 Å². The molecule has 1 rings (SSSR count). The Morgan fingerprint density at radius 2 is 1.94 bits per heavy atom. The number of hydrogen-bond acceptors (Lipinski definition) is 2. The Morgan fingerprint density at radius 3 is 2.50 bits per heavy atom. The molecule has 0 spiro atoms. The first-order chi connectivity index (χ1) is 8.31. The fourth-order valence-electron chi connectivity index (χ4n) is 1.59. The fourth-order valence-corrected chi connectivity index (χ4v) is 3.99. The summed E-state index contributed by atoms with van der Waals surface area (Å²) in [5.41, 5.74) is 0.698. The van der Waals surface area contributed by atoms with Crippen LogP contribution >= 0.6 is 67.8 Å². The minimum atomic E-state index is -0.407. The lowest BCUT2D eigenvalue weighted by Crippen LogP contribution is -2.35. The molecule has 1 aromatic carbocycles. The van der Waals surface area contributed by atoms with E-state index in [0.717, 1.165) is 10.7 Å². The first kappa shape index (κ1) is 16.9. The molecule has 0 aliphatic heterocycles. The van der Waals surface area contributed by atoms with Gasteiger partial charge in [-0.05, 0) is 100 Å². The Labute approximate surface area is 148 Å². The maximum atomic E-state index is 12.2. The van der Waals surface area contributed by atoms with Gasteiger partial charge in [0.15, 0.2) is 0 Å². The van der Waals surface area contributed by atoms with E-state index in [1.165, 1.54) is 0 Å². The zero-order valence-electron chi connectivity index (χ0n) is 10.0. The highest BCUT2D eigenvalue weighted by Gasteiger charge is 2.16. The normalized spacial score (nSPS) is 14.1. The number of amides is 1. The molecule has 18 heavy (non-hydrogen) atoms. The number of halogens is 3. The molecule has 0 radical (unpaired) electrons. The minimum Gasteiger partial charge on any atom is -0.393 e. The summed E-state index contributed by atoms with van der Waals surface area (Å²) in [7, 11) is 0. The van der Waals surface area contributed by atoms with E-state index in [4.69, 9.17) is 0 Å². The third-order valence-electron chi connectivity index (χ3n) is 2.31. The highest BCUT2D eigenvalue weighted by molar-refractivity contribution is 14.1. The molecule has 6 heteroatoms. The van der Waals surface area contributed by atoms with Crippen LogP contribution < -0.4 is 5.32 Å². The second-order valence-electron chi connectivity index (χ2n) is 4.21. The lowest BCUT2D eigenvalue weighted by molar-refractivity contribution is 0.0922. The Bertz CT molecular complexity index is 449. The van der Waals surface area contributed by atoms with Crippen molar-refractivity contribution in [3.8, 4) is 0 Å². The summed E-state index contributed by atoms with van der Waals surface area (Å²) in [5, 5.41) is 12.2. The molecule has 2 N–H and O–H groups in total. The van der Waals surface area contributed by atoms with Gasteiger partial charge in [-0.1, -0.05) is 0 Å². The lowest BCUT2D eigenvalue weighted by atomic mass is 10.1. The summed E-state index contributed by atoms with van der Waals surface area (Å²) < 4.78 is 3.09. The van der Waals surface area contributed by atoms with Gasteiger partial charge in [0.05, 0.1) is 11.7 Å². The van der Waals surface area contributed by atoms with Gasteiger partial charge in [0.1, 0.15) is 0 Å². The van der Waals surface area contributed by atoms with E-state index in [9.17, 15) is 9.90 Å². The molecule has 2 unspecified atom stereocenters. The zero-order valence-corrected chi connectivity index (χ0v) is 16.5. The summed E-state index contributed by atoms with van der Waals surface area (Å²) in [6, 6.07) is 3.89. The zero-order chi connectivity index (χ0) is 13.9. The largest absolute Gasteiger partial charge is 0.393 e. The van der Waals surface area contributed by atoms with Crippen molar-refractivity contribution in [3.05, 3.63) is 28.4 Å². The Kier molecular flexibility index (Phi) is 7.11. The molecule has 3 nitrogen and oxygen atoms in total. The van der Waals surface area contributed by atoms with Crippen LogP contribution in [0.15, 0.2) is 12.1 Å². The van der Waals surface area contributed by atoms with E-state index in [1.54, 1.807) is 6.92 Å². The number of carbonyl (C=O) groups excluding carboxylic acids is 1. The monoisotopic (exact) mass is 585 g/mol. The van der Waals surface area contributed by atoms with Crippen LogP contribution in [0.25, 0.3) is 0 Å². The van der Waals surface area contributed by atoms with Gasteiger partial charge in [0.2, 0.25) is 0 Å². The van der Waals surface area contributed by atoms with Gasteiger partial charge >= 0.3 is 0 Å². The summed E-state index contributed by atoms with van der Waals surface area (Å²) in [5.74, 6) is -0.0796. The van der Waals surface area contributed by atoms with Gasteiger partial charge in [-0.15, -0.1) is 0 Å². The first-order valence-electron chi connectivity index (χ1n) is 5.44. The molecule has 1 amide bonds. The van der Waals surface area contributed by atoms with E-state index >= 15 is 0 Å². The topological polar surface area (TPSA) is 49.3 Å². The van der Waals surface area contributed by atoms with Crippen molar-refractivity contribution >= 4 is 73.7 Å². The van der Waals surface area contributed by atoms with E-state index in [2.05, 4.69) is 73.1 Å². The molecule has 0 fully saturated rings. The van der Waals surface area contributed by atoms with Crippen molar-refractivity contribution in [1.29, 1.82) is 0 Å². The van der Waals surface area contributed by atoms with E-state index < -0.39 is 6.10 Å². The van der Waals surface area contributed by atoms with Crippen LogP contribution in [0.5, 0.6) is 0 Å². The van der Waals surface area contributed by atoms with Crippen LogP contribution in [0.1, 0.15) is 30.6 Å². The highest BCUT2D eigenvalue weighted by atomic mass is 127. The molecule has 0 saturated heterocycles. The quantitative estimate of drug-likeness (QED) is 0.421. The van der Waals surface area contributed by atoms with Crippen LogP contribution in [0.2, 0.25) is 0 Å². The molecule has 0 aliphatic carbocycles. The smallest absolute Gasteiger partial charge is 0.252 e. The van der Waals surface area contributed by atoms with E-state index in [-0.39, 0.29) is 11.9 Å². The first-order valence-corrected chi connectivity index (χ1v) is 8.68. The van der Waals surface area contributed by atoms with Gasteiger partial charge < -0.3 is 10.4 Å². The van der Waals surface area contributed by atoms with E-state index in [1.807, 2.05) is 19.1 Å². The van der Waals surface area contributed by atoms with Crippen molar-refractivity contribution in [2.45, 2.75) is 32.4 Å². The molecular weight excluding hydrogens is 571 g/mol. The van der Waals surface area contributed by atoms with Crippen LogP contribution in [0, 0.1) is 10.7 Å². The maximum Gasteiger partial charge on any atom is 0.252 e. The molecule has 1 aromatic rings. The number of benzene rings is 1. The number of hydrogen-bond donors (Lipinski definition) is 2. The molecule has 0 aromatic heterocycles. The molecule has 2 atom stereocenters. The molecule has 0 bridgehead atoms. The van der Waals surface area contributed by atoms with Gasteiger partial charge in [-0.25, -0.2) is 0 Å². The third kappa shape index (κ3) is 5.08. The molecule has 0 heterocycles. The summed E-state index contributed by atoms with van der Waals surface area (Å²) in [4.78, 5) is 12.2. The fraction of sp³-hybridized carbons (Fsp3) is 0.417. The van der Waals surface area contributed by atoms with Gasteiger partial charge in [-0.2, -0.15) is 0 Å². The highest BCUT2D eigenvalue weighted by Crippen LogP contribution is 2.23. The summed E-state index contributed by atoms with van der Waals surface area (Å²) >= 11 is 6.62. The average Bonchev–Trinajstić information content (AvgIpc) is 2.21. The Balaban J connectivity index is 2.85. The SMILES string of the molecule is CC(O)CC(C)NC(=O)c1cc(I)cc(I)c1I. The lowest BCUT2D eigenvalue weighted by Gasteiger charge is -2.16. The number of nitrogens with one attached hydrogen (secondary N) is 1. The van der Waals surface area contributed by atoms with Crippen molar-refractivity contribution in [2.24, 2.45) is 0 Å². The minimum absolute atomic E-state index is 0.0381. The van der Waals surface area contributed by atoms with Crippen LogP contribution in [-0.2, 0) is 0 Å². The number of rotatable bonds is 4. The molecular formula is C12H14I3NO2. The third-order valence-corrected chi connectivity index (χ3v) is 5.98. The van der Waals surface area contributed by atoms with Crippen molar-refractivity contribution in [3.63, 3.8) is 0 Å². The van der Waals surface area contributed by atoms with Gasteiger partial charge in [0, 0.05) is 16.8 Å². The Hall–Kier alpha value is 0.840. The van der Waals surface area contributed by atoms with Crippen LogP contribution in [0.4, 0.5) is 0 Å². The van der Waals surface area contributed by atoms with Crippen molar-refractivity contribution in [2.75, 3.05) is 0 Å². The van der Waals surface area contributed by atoms with Gasteiger partial charge in [0.25, 0.3) is 5.91 Å². The predicted molar refractivity (Wildman–Crippen MR) is 97.8 cm³/mol. The van der Waals surface area contributed by atoms with Crippen LogP contribution in [0.3, 0.4) is 0 Å². The average molecular weight is 585 g/mol. The van der Waals surface area contributed by atoms with Crippen molar-refractivity contribution < 1.29 is 9.90 Å². The molecule has 0 saturated carbocycles. The number of aliphatic hydroxyl groups excluding tert-OH is 1. The second-order valence-corrected chi connectivity index (χ2v) is 7.69. The molecule has 0 aliphatic rings. The van der Waals surface area contributed by atoms with Gasteiger partial charge in [-0.3, -0.25) is 4.79 Å². The van der Waals surface area contributed by atoms with E-state index in [0.29, 0.717) is 12.0 Å². The maximum absolute atomic E-state index is 12.2. The summed E-state index contributed by atoms with van der Waals surface area (Å²) in [6.07, 6.45) is 0.152. The molecule has 100 valence electrons. The standard InChI is InChI=1S/C12H14I3NO2/c1-6(3-7(2)17)16-12(18)9-4-8(13)5-10(14)11(9)15/h4-7,17H,3H2,1-2H3,(H,16,18). The number of aliphatic hydroxyl groups is 1.